The molecule has 1 heterocycles. The quantitative estimate of drug-likeness (QED) is 0.603. The van der Waals surface area contributed by atoms with Crippen molar-refractivity contribution in [2.45, 2.75) is 13.2 Å². The Kier molecular flexibility index (Phi) is 12.1. The summed E-state index contributed by atoms with van der Waals surface area (Å²) in [5.41, 5.74) is 0. The first-order chi connectivity index (χ1) is 10.8. The highest BCUT2D eigenvalue weighted by Gasteiger charge is 2.12. The van der Waals surface area contributed by atoms with Crippen LogP contribution in [-0.4, -0.2) is 84.7 Å². The van der Waals surface area contributed by atoms with Crippen molar-refractivity contribution in [2.24, 2.45) is 0 Å². The van der Waals surface area contributed by atoms with Gasteiger partial charge in [-0.15, -0.1) is 0 Å². The summed E-state index contributed by atoms with van der Waals surface area (Å²) in [6.45, 7) is 7.83. The summed E-state index contributed by atoms with van der Waals surface area (Å²) >= 11 is 0. The average Bonchev–Trinajstić information content (AvgIpc) is 2.48. The van der Waals surface area contributed by atoms with Gasteiger partial charge >= 0.3 is 5.97 Å². The van der Waals surface area contributed by atoms with Crippen molar-refractivity contribution < 1.29 is 28.5 Å². The first-order valence-electron chi connectivity index (χ1n) is 7.72. The number of esters is 1. The molecule has 0 amide bonds. The van der Waals surface area contributed by atoms with Gasteiger partial charge in [0.25, 0.3) is 0 Å². The van der Waals surface area contributed by atoms with Crippen molar-refractivity contribution in [3.05, 3.63) is 0 Å². The molecule has 1 rings (SSSR count). The number of ether oxygens (including phenoxy) is 5. The van der Waals surface area contributed by atoms with Gasteiger partial charge in [0.05, 0.1) is 39.6 Å². The second kappa shape index (κ2) is 13.9. The highest BCUT2D eigenvalue weighted by atomic mass is 16.7. The van der Waals surface area contributed by atoms with E-state index in [1.54, 1.807) is 0 Å². The molecule has 2 N–H and O–H groups in total. The molecule has 0 saturated carbocycles. The van der Waals surface area contributed by atoms with E-state index in [0.29, 0.717) is 52.7 Å². The maximum atomic E-state index is 11.0. The Morgan fingerprint density at radius 1 is 0.864 bits per heavy atom. The van der Waals surface area contributed by atoms with E-state index in [1.807, 2.05) is 0 Å². The van der Waals surface area contributed by atoms with Gasteiger partial charge in [-0.25, -0.2) is 0 Å². The Morgan fingerprint density at radius 3 is 2.00 bits per heavy atom. The predicted molar refractivity (Wildman–Crippen MR) is 79.7 cm³/mol. The van der Waals surface area contributed by atoms with Crippen molar-refractivity contribution in [1.29, 1.82) is 0 Å². The zero-order chi connectivity index (χ0) is 15.9. The van der Waals surface area contributed by atoms with Crippen molar-refractivity contribution in [2.75, 3.05) is 72.4 Å². The van der Waals surface area contributed by atoms with Crippen molar-refractivity contribution >= 4 is 5.97 Å². The van der Waals surface area contributed by atoms with Crippen LogP contribution in [0.3, 0.4) is 0 Å². The third-order valence-corrected chi connectivity index (χ3v) is 2.78. The maximum absolute atomic E-state index is 11.0. The lowest BCUT2D eigenvalue weighted by molar-refractivity contribution is -0.188. The normalized spacial score (nSPS) is 24.9. The molecule has 0 bridgehead atoms. The topological polar surface area (TPSA) is 87.3 Å². The van der Waals surface area contributed by atoms with Gasteiger partial charge in [0.2, 0.25) is 6.29 Å². The van der Waals surface area contributed by atoms with E-state index in [0.717, 1.165) is 13.1 Å². The van der Waals surface area contributed by atoms with Gasteiger partial charge in [0.1, 0.15) is 6.61 Å². The third-order valence-electron chi connectivity index (χ3n) is 2.78. The molecule has 1 saturated heterocycles. The summed E-state index contributed by atoms with van der Waals surface area (Å²) in [7, 11) is 0. The van der Waals surface area contributed by atoms with Crippen LogP contribution in [0.15, 0.2) is 0 Å². The molecule has 0 aliphatic carbocycles. The number of hydrogen-bond acceptors (Lipinski definition) is 8. The second-order valence-corrected chi connectivity index (χ2v) is 4.71. The summed E-state index contributed by atoms with van der Waals surface area (Å²) < 4.78 is 26.8. The summed E-state index contributed by atoms with van der Waals surface area (Å²) in [6, 6.07) is 0. The highest BCUT2D eigenvalue weighted by molar-refractivity contribution is 5.66. The summed E-state index contributed by atoms with van der Waals surface area (Å²) in [6.07, 6.45) is -0.669. The molecule has 130 valence electrons. The smallest absolute Gasteiger partial charge is 0.305 e. The van der Waals surface area contributed by atoms with E-state index in [2.05, 4.69) is 10.6 Å². The zero-order valence-corrected chi connectivity index (χ0v) is 13.3. The largest absolute Gasteiger partial charge is 0.433 e. The van der Waals surface area contributed by atoms with E-state index in [9.17, 15) is 4.79 Å². The minimum absolute atomic E-state index is 0.223. The Hall–Kier alpha value is -0.770. The van der Waals surface area contributed by atoms with Crippen molar-refractivity contribution in [3.63, 3.8) is 0 Å². The van der Waals surface area contributed by atoms with Gasteiger partial charge in [-0.05, 0) is 0 Å². The molecule has 0 aromatic carbocycles. The number of nitrogens with one attached hydrogen (secondary N) is 2. The van der Waals surface area contributed by atoms with E-state index in [-0.39, 0.29) is 12.6 Å². The average molecular weight is 320 g/mol. The van der Waals surface area contributed by atoms with Crippen LogP contribution in [0.25, 0.3) is 0 Å². The number of carbonyl (C=O) groups is 1. The standard InChI is InChI=1S/C14H28N2O6/c1-13(17)22-14-12-20-8-4-15-2-6-18-10-11-19-7-3-16-5-9-21-14/h14-16H,2-12H2,1H3. The predicted octanol–water partition coefficient (Wildman–Crippen LogP) is -0.865. The molecule has 0 radical (unpaired) electrons. The van der Waals surface area contributed by atoms with E-state index in [4.69, 9.17) is 23.7 Å². The maximum Gasteiger partial charge on any atom is 0.305 e. The van der Waals surface area contributed by atoms with Gasteiger partial charge < -0.3 is 34.3 Å². The fourth-order valence-electron chi connectivity index (χ4n) is 1.75. The minimum atomic E-state index is -0.669. The Morgan fingerprint density at radius 2 is 1.41 bits per heavy atom. The van der Waals surface area contributed by atoms with Crippen LogP contribution in [0.5, 0.6) is 0 Å². The SMILES string of the molecule is CC(=O)OC1COCCNCCOCCOCCNCCO1. The van der Waals surface area contributed by atoms with Crippen LogP contribution in [0.4, 0.5) is 0 Å². The van der Waals surface area contributed by atoms with Crippen LogP contribution in [0.2, 0.25) is 0 Å². The van der Waals surface area contributed by atoms with Crippen LogP contribution in [-0.2, 0) is 28.5 Å². The van der Waals surface area contributed by atoms with E-state index >= 15 is 0 Å². The molecular formula is C14H28N2O6. The van der Waals surface area contributed by atoms with Crippen LogP contribution >= 0.6 is 0 Å². The van der Waals surface area contributed by atoms with Gasteiger partial charge in [-0.3, -0.25) is 4.79 Å². The molecule has 22 heavy (non-hydrogen) atoms. The molecular weight excluding hydrogens is 292 g/mol. The molecule has 1 aliphatic rings. The fraction of sp³-hybridized carbons (Fsp3) is 0.929. The Labute approximate surface area is 131 Å². The molecule has 1 atom stereocenters. The van der Waals surface area contributed by atoms with Gasteiger partial charge in [0.15, 0.2) is 0 Å². The molecule has 8 heteroatoms. The zero-order valence-electron chi connectivity index (χ0n) is 13.3. The van der Waals surface area contributed by atoms with Crippen LogP contribution in [0, 0.1) is 0 Å². The molecule has 0 aromatic rings. The lowest BCUT2D eigenvalue weighted by Gasteiger charge is -2.18. The van der Waals surface area contributed by atoms with Gasteiger partial charge in [0, 0.05) is 33.1 Å². The fourth-order valence-corrected chi connectivity index (χ4v) is 1.75. The molecule has 1 fully saturated rings. The Bertz CT molecular complexity index is 262. The first-order valence-corrected chi connectivity index (χ1v) is 7.72. The van der Waals surface area contributed by atoms with Gasteiger partial charge in [-0.1, -0.05) is 0 Å². The van der Waals surface area contributed by atoms with E-state index in [1.165, 1.54) is 6.92 Å². The lowest BCUT2D eigenvalue weighted by Crippen LogP contribution is -2.32. The van der Waals surface area contributed by atoms with Crippen molar-refractivity contribution in [1.82, 2.24) is 10.6 Å². The summed E-state index contributed by atoms with van der Waals surface area (Å²) in [5.74, 6) is -0.382. The number of hydrogen-bond donors (Lipinski definition) is 2. The van der Waals surface area contributed by atoms with Crippen LogP contribution in [0.1, 0.15) is 6.92 Å². The Balaban J connectivity index is 2.25. The van der Waals surface area contributed by atoms with E-state index < -0.39 is 6.29 Å². The molecule has 0 spiro atoms. The summed E-state index contributed by atoms with van der Waals surface area (Å²) in [4.78, 5) is 11.0. The summed E-state index contributed by atoms with van der Waals surface area (Å²) in [5, 5.41) is 6.38. The monoisotopic (exact) mass is 320 g/mol. The van der Waals surface area contributed by atoms with Gasteiger partial charge in [-0.2, -0.15) is 0 Å². The van der Waals surface area contributed by atoms with Crippen LogP contribution < -0.4 is 10.6 Å². The first kappa shape index (κ1) is 19.3. The minimum Gasteiger partial charge on any atom is -0.433 e. The molecule has 8 nitrogen and oxygen atoms in total. The molecule has 1 unspecified atom stereocenters. The number of rotatable bonds is 1. The second-order valence-electron chi connectivity index (χ2n) is 4.71. The molecule has 1 aliphatic heterocycles. The lowest BCUT2D eigenvalue weighted by atomic mass is 10.5. The third kappa shape index (κ3) is 11.8. The van der Waals surface area contributed by atoms with Crippen molar-refractivity contribution in [3.8, 4) is 0 Å². The highest BCUT2D eigenvalue weighted by Crippen LogP contribution is 1.97. The number of carbonyl (C=O) groups excluding carboxylic acids is 1. The molecule has 0 aromatic heterocycles.